The van der Waals surface area contributed by atoms with Gasteiger partial charge in [-0.15, -0.1) is 6.58 Å². The van der Waals surface area contributed by atoms with Crippen molar-refractivity contribution in [3.8, 4) is 0 Å². The van der Waals surface area contributed by atoms with Crippen LogP contribution < -0.4 is 9.80 Å². The smallest absolute Gasteiger partial charge is 0.264 e. The van der Waals surface area contributed by atoms with Crippen LogP contribution in [0.25, 0.3) is 0 Å². The van der Waals surface area contributed by atoms with Crippen molar-refractivity contribution in [2.24, 2.45) is 5.92 Å². The average molecular weight is 604 g/mol. The summed E-state index contributed by atoms with van der Waals surface area (Å²) in [5.74, 6) is -0.837. The van der Waals surface area contributed by atoms with Crippen molar-refractivity contribution in [1.29, 1.82) is 0 Å². The van der Waals surface area contributed by atoms with Crippen molar-refractivity contribution in [2.75, 3.05) is 29.5 Å². The molecule has 0 saturated carbocycles. The highest BCUT2D eigenvalue weighted by atomic mass is 28.4. The van der Waals surface area contributed by atoms with Crippen LogP contribution in [-0.2, 0) is 31.1 Å². The summed E-state index contributed by atoms with van der Waals surface area (Å²) < 4.78 is 6.85. The summed E-state index contributed by atoms with van der Waals surface area (Å²) in [5, 5.41) is 9.83. The van der Waals surface area contributed by atoms with E-state index in [-0.39, 0.29) is 43.3 Å². The number of amides is 3. The number of benzene rings is 2. The minimum atomic E-state index is -2.97. The van der Waals surface area contributed by atoms with Crippen molar-refractivity contribution < 1.29 is 29.0 Å². The van der Waals surface area contributed by atoms with Gasteiger partial charge in [-0.2, -0.15) is 0 Å². The lowest BCUT2D eigenvalue weighted by Gasteiger charge is -2.33. The Morgan fingerprint density at radius 3 is 2.65 bits per heavy atom. The van der Waals surface area contributed by atoms with Crippen LogP contribution in [-0.4, -0.2) is 72.7 Å². The number of aryl methyl sites for hydroxylation is 1. The second-order valence-corrected chi connectivity index (χ2v) is 16.9. The molecular formula is C33H41N3O6Si. The van der Waals surface area contributed by atoms with E-state index < -0.39 is 31.5 Å². The van der Waals surface area contributed by atoms with E-state index in [2.05, 4.69) is 6.58 Å². The van der Waals surface area contributed by atoms with E-state index in [9.17, 15) is 24.3 Å². The summed E-state index contributed by atoms with van der Waals surface area (Å²) in [6.45, 7) is 10.2. The molecule has 0 bridgehead atoms. The van der Waals surface area contributed by atoms with Crippen molar-refractivity contribution >= 4 is 43.1 Å². The molecule has 2 aromatic carbocycles. The van der Waals surface area contributed by atoms with Gasteiger partial charge in [-0.25, -0.2) is 0 Å². The lowest BCUT2D eigenvalue weighted by molar-refractivity contribution is -0.149. The Bertz CT molecular complexity index is 1470. The van der Waals surface area contributed by atoms with Crippen molar-refractivity contribution in [2.45, 2.75) is 75.4 Å². The quantitative estimate of drug-likeness (QED) is 0.366. The van der Waals surface area contributed by atoms with E-state index in [1.54, 1.807) is 20.8 Å². The summed E-state index contributed by atoms with van der Waals surface area (Å²) in [6, 6.07) is 13.3. The van der Waals surface area contributed by atoms with Gasteiger partial charge in [-0.1, -0.05) is 31.2 Å². The predicted octanol–water partition coefficient (Wildman–Crippen LogP) is 4.00. The first-order valence-corrected chi connectivity index (χ1v) is 18.3. The minimum absolute atomic E-state index is 0.0188. The van der Waals surface area contributed by atoms with Crippen LogP contribution in [0.4, 0.5) is 17.1 Å². The third-order valence-corrected chi connectivity index (χ3v) is 12.4. The van der Waals surface area contributed by atoms with Crippen molar-refractivity contribution in [3.63, 3.8) is 0 Å². The maximum absolute atomic E-state index is 14.5. The fourth-order valence-electron chi connectivity index (χ4n) is 8.07. The molecule has 5 atom stereocenters. The SMILES string of the molecule is C=CCN1C(=O)[C@]2(O[C@H](CC(=O)N3CCC[C@H]3CO)[C@@H]([Si](C)(C)O)[C@@H]2C)c2cc(N3C(=O)CCc4ccccc43)ccc21. The summed E-state index contributed by atoms with van der Waals surface area (Å²) in [6.07, 6.45) is 3.65. The summed E-state index contributed by atoms with van der Waals surface area (Å²) in [5.41, 5.74) is 2.05. The zero-order valence-electron chi connectivity index (χ0n) is 25.2. The highest BCUT2D eigenvalue weighted by molar-refractivity contribution is 6.71. The zero-order valence-corrected chi connectivity index (χ0v) is 26.2. The Balaban J connectivity index is 1.45. The second-order valence-electron chi connectivity index (χ2n) is 12.9. The molecule has 0 radical (unpaired) electrons. The van der Waals surface area contributed by atoms with Crippen LogP contribution >= 0.6 is 0 Å². The van der Waals surface area contributed by atoms with E-state index in [4.69, 9.17) is 4.74 Å². The summed E-state index contributed by atoms with van der Waals surface area (Å²) in [7, 11) is -2.97. The largest absolute Gasteiger partial charge is 0.432 e. The lowest BCUT2D eigenvalue weighted by Crippen LogP contribution is -2.46. The van der Waals surface area contributed by atoms with Gasteiger partial charge in [0.05, 0.1) is 36.5 Å². The number of ether oxygens (including phenoxy) is 1. The number of likely N-dealkylation sites (tertiary alicyclic amines) is 1. The molecule has 2 saturated heterocycles. The first kappa shape index (κ1) is 29.7. The molecule has 2 fully saturated rings. The molecular weight excluding hydrogens is 562 g/mol. The molecule has 4 aliphatic heterocycles. The first-order chi connectivity index (χ1) is 20.5. The fourth-order valence-corrected chi connectivity index (χ4v) is 10.6. The molecule has 0 aromatic heterocycles. The number of carbonyl (C=O) groups is 3. The molecule has 3 amide bonds. The highest BCUT2D eigenvalue weighted by Gasteiger charge is 2.66. The molecule has 43 heavy (non-hydrogen) atoms. The Morgan fingerprint density at radius 1 is 1.16 bits per heavy atom. The van der Waals surface area contributed by atoms with E-state index >= 15 is 0 Å². The molecule has 1 spiro atoms. The maximum atomic E-state index is 14.5. The van der Waals surface area contributed by atoms with Crippen LogP contribution in [0, 0.1) is 5.92 Å². The van der Waals surface area contributed by atoms with Crippen LogP contribution in [0.5, 0.6) is 0 Å². The zero-order chi connectivity index (χ0) is 30.7. The molecule has 2 aromatic rings. The van der Waals surface area contributed by atoms with Gasteiger partial charge in [0.25, 0.3) is 5.91 Å². The van der Waals surface area contributed by atoms with E-state index in [1.165, 1.54) is 0 Å². The molecule has 9 nitrogen and oxygen atoms in total. The van der Waals surface area contributed by atoms with E-state index in [0.717, 1.165) is 24.1 Å². The fraction of sp³-hybridized carbons (Fsp3) is 0.485. The molecule has 10 heteroatoms. The molecule has 4 heterocycles. The predicted molar refractivity (Wildman–Crippen MR) is 167 cm³/mol. The molecule has 2 N–H and O–H groups in total. The topological polar surface area (TPSA) is 111 Å². The van der Waals surface area contributed by atoms with Crippen molar-refractivity contribution in [3.05, 3.63) is 66.2 Å². The number of fused-ring (bicyclic) bond motifs is 3. The molecule has 4 aliphatic rings. The number of carbonyl (C=O) groups excluding carboxylic acids is 3. The molecule has 228 valence electrons. The number of para-hydroxylation sites is 1. The van der Waals surface area contributed by atoms with Gasteiger partial charge in [0.15, 0.2) is 13.9 Å². The van der Waals surface area contributed by atoms with Gasteiger partial charge in [-0.05, 0) is 62.2 Å². The van der Waals surface area contributed by atoms with Gasteiger partial charge in [-0.3, -0.25) is 19.3 Å². The third kappa shape index (κ3) is 4.66. The van der Waals surface area contributed by atoms with Crippen LogP contribution in [0.2, 0.25) is 18.6 Å². The Kier molecular flexibility index (Phi) is 7.61. The standard InChI is InChI=1S/C33H41N3O6Si/c1-5-16-35-27-14-13-23(36-26-11-7-6-9-22(26)12-15-29(36)38)18-25(27)33(32(35)40)21(2)31(43(3,4)41)28(42-33)19-30(39)34-17-8-10-24(34)20-37/h5-7,9,11,13-14,18,21,24,28,31,37,41H,1,8,10,12,15-17,19-20H2,2-4H3/t21-,24-,28+,31-,33+/m0/s1. The molecule has 0 aliphatic carbocycles. The highest BCUT2D eigenvalue weighted by Crippen LogP contribution is 2.60. The van der Waals surface area contributed by atoms with Crippen LogP contribution in [0.3, 0.4) is 0 Å². The lowest BCUT2D eigenvalue weighted by atomic mass is 9.82. The average Bonchev–Trinajstić information content (AvgIpc) is 3.63. The van der Waals surface area contributed by atoms with Crippen molar-refractivity contribution in [1.82, 2.24) is 4.90 Å². The van der Waals surface area contributed by atoms with Crippen LogP contribution in [0.1, 0.15) is 43.7 Å². The van der Waals surface area contributed by atoms with Gasteiger partial charge >= 0.3 is 0 Å². The summed E-state index contributed by atoms with van der Waals surface area (Å²) >= 11 is 0. The van der Waals surface area contributed by atoms with E-state index in [0.29, 0.717) is 36.3 Å². The normalized spacial score (nSPS) is 28.5. The maximum Gasteiger partial charge on any atom is 0.264 e. The number of hydrogen-bond donors (Lipinski definition) is 2. The summed E-state index contributed by atoms with van der Waals surface area (Å²) in [4.78, 5) is 58.0. The van der Waals surface area contributed by atoms with Gasteiger partial charge in [0, 0.05) is 42.2 Å². The minimum Gasteiger partial charge on any atom is -0.432 e. The molecule has 6 rings (SSSR count). The first-order valence-electron chi connectivity index (χ1n) is 15.3. The third-order valence-electron chi connectivity index (χ3n) is 9.91. The monoisotopic (exact) mass is 603 g/mol. The number of anilines is 3. The number of hydrogen-bond acceptors (Lipinski definition) is 6. The number of nitrogens with zero attached hydrogens (tertiary/aromatic N) is 3. The Labute approximate surface area is 253 Å². The second kappa shape index (κ2) is 11.0. The molecule has 0 unspecified atom stereocenters. The van der Waals surface area contributed by atoms with Gasteiger partial charge in [0.2, 0.25) is 11.8 Å². The van der Waals surface area contributed by atoms with Crippen LogP contribution in [0.15, 0.2) is 55.1 Å². The number of aliphatic hydroxyl groups is 1. The number of aliphatic hydroxyl groups excluding tert-OH is 1. The van der Waals surface area contributed by atoms with Gasteiger partial charge < -0.3 is 24.4 Å². The Hall–Kier alpha value is -3.31. The van der Waals surface area contributed by atoms with Gasteiger partial charge in [0.1, 0.15) is 0 Å². The van der Waals surface area contributed by atoms with E-state index in [1.807, 2.05) is 62.5 Å². The Morgan fingerprint density at radius 2 is 1.93 bits per heavy atom. The number of rotatable bonds is 7.